The van der Waals surface area contributed by atoms with Gasteiger partial charge in [-0.05, 0) is 18.6 Å². The van der Waals surface area contributed by atoms with E-state index in [9.17, 15) is 9.59 Å². The van der Waals surface area contributed by atoms with E-state index >= 15 is 0 Å². The van der Waals surface area contributed by atoms with E-state index in [4.69, 9.17) is 28.3 Å². The van der Waals surface area contributed by atoms with Crippen molar-refractivity contribution in [2.75, 3.05) is 32.7 Å². The largest absolute Gasteiger partial charge is 0.480 e. The van der Waals surface area contributed by atoms with Crippen LogP contribution in [0.2, 0.25) is 10.3 Å². The van der Waals surface area contributed by atoms with Crippen LogP contribution in [0.3, 0.4) is 0 Å². The van der Waals surface area contributed by atoms with Crippen LogP contribution in [0.15, 0.2) is 12.1 Å². The van der Waals surface area contributed by atoms with E-state index in [1.54, 1.807) is 4.90 Å². The zero-order valence-corrected chi connectivity index (χ0v) is 12.8. The summed E-state index contributed by atoms with van der Waals surface area (Å²) < 4.78 is 0. The number of hydrogen-bond donors (Lipinski definition) is 1. The van der Waals surface area contributed by atoms with Gasteiger partial charge < -0.3 is 10.0 Å². The van der Waals surface area contributed by atoms with Crippen molar-refractivity contribution in [2.45, 2.75) is 6.42 Å². The molecule has 1 aliphatic rings. The molecule has 0 aromatic carbocycles. The zero-order valence-electron chi connectivity index (χ0n) is 11.3. The van der Waals surface area contributed by atoms with E-state index in [0.29, 0.717) is 31.7 Å². The van der Waals surface area contributed by atoms with Gasteiger partial charge in [0.2, 0.25) is 0 Å². The Morgan fingerprint density at radius 1 is 1.14 bits per heavy atom. The number of rotatable bonds is 3. The summed E-state index contributed by atoms with van der Waals surface area (Å²) in [5.74, 6) is -1.03. The second kappa shape index (κ2) is 7.06. The molecule has 1 fully saturated rings. The number of hydrogen-bond acceptors (Lipinski definition) is 4. The van der Waals surface area contributed by atoms with Crippen LogP contribution in [0.25, 0.3) is 0 Å². The summed E-state index contributed by atoms with van der Waals surface area (Å²) in [4.78, 5) is 30.5. The maximum absolute atomic E-state index is 12.4. The van der Waals surface area contributed by atoms with Gasteiger partial charge in [-0.3, -0.25) is 14.5 Å². The molecule has 1 aliphatic heterocycles. The van der Waals surface area contributed by atoms with Gasteiger partial charge in [-0.25, -0.2) is 4.98 Å². The summed E-state index contributed by atoms with van der Waals surface area (Å²) in [5.41, 5.74) is 0.395. The molecular weight excluding hydrogens is 317 g/mol. The van der Waals surface area contributed by atoms with Gasteiger partial charge in [0.05, 0.1) is 6.54 Å². The average Bonchev–Trinajstić information content (AvgIpc) is 2.61. The number of aliphatic carboxylic acids is 1. The summed E-state index contributed by atoms with van der Waals surface area (Å²) in [6.45, 7) is 2.24. The summed E-state index contributed by atoms with van der Waals surface area (Å²) in [7, 11) is 0. The fourth-order valence-corrected chi connectivity index (χ4v) is 2.75. The molecule has 2 heterocycles. The van der Waals surface area contributed by atoms with Gasteiger partial charge in [-0.15, -0.1) is 0 Å². The van der Waals surface area contributed by atoms with Gasteiger partial charge >= 0.3 is 5.97 Å². The van der Waals surface area contributed by atoms with E-state index in [-0.39, 0.29) is 22.8 Å². The molecule has 1 amide bonds. The fraction of sp³-hybridized carbons (Fsp3) is 0.462. The lowest BCUT2D eigenvalue weighted by Gasteiger charge is -2.21. The third-order valence-corrected chi connectivity index (χ3v) is 3.63. The lowest BCUT2D eigenvalue weighted by molar-refractivity contribution is -0.138. The smallest absolute Gasteiger partial charge is 0.317 e. The molecule has 0 atom stereocenters. The van der Waals surface area contributed by atoms with Crippen molar-refractivity contribution >= 4 is 35.1 Å². The number of amides is 1. The first-order valence-electron chi connectivity index (χ1n) is 6.52. The van der Waals surface area contributed by atoms with Gasteiger partial charge in [-0.2, -0.15) is 0 Å². The Hall–Kier alpha value is -1.37. The highest BCUT2D eigenvalue weighted by molar-refractivity contribution is 6.33. The highest BCUT2D eigenvalue weighted by Gasteiger charge is 2.22. The minimum Gasteiger partial charge on any atom is -0.480 e. The van der Waals surface area contributed by atoms with E-state index in [1.165, 1.54) is 12.1 Å². The number of nitrogens with zero attached hydrogens (tertiary/aromatic N) is 3. The van der Waals surface area contributed by atoms with Crippen molar-refractivity contribution in [2.24, 2.45) is 0 Å². The number of carbonyl (C=O) groups excluding carboxylic acids is 1. The van der Waals surface area contributed by atoms with E-state index < -0.39 is 5.97 Å². The van der Waals surface area contributed by atoms with E-state index in [2.05, 4.69) is 4.98 Å². The third kappa shape index (κ3) is 4.56. The molecule has 0 saturated carbocycles. The van der Waals surface area contributed by atoms with Crippen molar-refractivity contribution in [1.82, 2.24) is 14.8 Å². The van der Waals surface area contributed by atoms with Crippen LogP contribution in [-0.4, -0.2) is 64.5 Å². The number of pyridine rings is 1. The number of carboxylic acid groups (broad SMARTS) is 1. The fourth-order valence-electron chi connectivity index (χ4n) is 2.29. The van der Waals surface area contributed by atoms with Crippen LogP contribution in [0.5, 0.6) is 0 Å². The third-order valence-electron chi connectivity index (χ3n) is 3.24. The molecule has 1 aromatic heterocycles. The quantitative estimate of drug-likeness (QED) is 0.852. The highest BCUT2D eigenvalue weighted by atomic mass is 35.5. The predicted octanol–water partition coefficient (Wildman–Crippen LogP) is 1.62. The Bertz CT molecular complexity index is 533. The van der Waals surface area contributed by atoms with E-state index in [0.717, 1.165) is 6.42 Å². The second-order valence-electron chi connectivity index (χ2n) is 4.82. The Balaban J connectivity index is 2.04. The molecule has 0 bridgehead atoms. The maximum Gasteiger partial charge on any atom is 0.317 e. The number of aromatic nitrogens is 1. The van der Waals surface area contributed by atoms with Crippen LogP contribution >= 0.6 is 23.2 Å². The molecule has 8 heteroatoms. The van der Waals surface area contributed by atoms with Gasteiger partial charge in [0.25, 0.3) is 5.91 Å². The Morgan fingerprint density at radius 2 is 1.81 bits per heavy atom. The number of halogens is 2. The molecule has 1 N–H and O–H groups in total. The van der Waals surface area contributed by atoms with Crippen LogP contribution in [0, 0.1) is 0 Å². The van der Waals surface area contributed by atoms with Gasteiger partial charge in [0.1, 0.15) is 10.3 Å². The summed E-state index contributed by atoms with van der Waals surface area (Å²) >= 11 is 11.6. The minimum atomic E-state index is -0.859. The van der Waals surface area contributed by atoms with Crippen LogP contribution < -0.4 is 0 Å². The molecule has 0 radical (unpaired) electrons. The van der Waals surface area contributed by atoms with E-state index in [1.807, 2.05) is 4.90 Å². The van der Waals surface area contributed by atoms with Crippen molar-refractivity contribution in [3.8, 4) is 0 Å². The Labute approximate surface area is 132 Å². The highest BCUT2D eigenvalue weighted by Crippen LogP contribution is 2.17. The summed E-state index contributed by atoms with van der Waals surface area (Å²) in [5, 5.41) is 9.16. The molecular formula is C13H15Cl2N3O3. The molecule has 6 nitrogen and oxygen atoms in total. The topological polar surface area (TPSA) is 73.7 Å². The molecule has 21 heavy (non-hydrogen) atoms. The van der Waals surface area contributed by atoms with Crippen molar-refractivity contribution < 1.29 is 14.7 Å². The molecule has 0 aliphatic carbocycles. The summed E-state index contributed by atoms with van der Waals surface area (Å²) in [6.07, 6.45) is 0.728. The second-order valence-corrected chi connectivity index (χ2v) is 5.59. The number of carboxylic acids is 1. The monoisotopic (exact) mass is 331 g/mol. The molecule has 2 rings (SSSR count). The van der Waals surface area contributed by atoms with Crippen LogP contribution in [0.4, 0.5) is 0 Å². The average molecular weight is 332 g/mol. The Kier molecular flexibility index (Phi) is 5.39. The maximum atomic E-state index is 12.4. The lowest BCUT2D eigenvalue weighted by Crippen LogP contribution is -2.36. The normalized spacial score (nSPS) is 16.6. The first-order chi connectivity index (χ1) is 9.95. The van der Waals surface area contributed by atoms with Gasteiger partial charge in [0.15, 0.2) is 0 Å². The predicted molar refractivity (Wildman–Crippen MR) is 78.9 cm³/mol. The number of carbonyl (C=O) groups is 2. The molecule has 1 saturated heterocycles. The van der Waals surface area contributed by atoms with Crippen LogP contribution in [-0.2, 0) is 4.79 Å². The molecule has 1 aromatic rings. The van der Waals surface area contributed by atoms with Gasteiger partial charge in [-0.1, -0.05) is 23.2 Å². The first-order valence-corrected chi connectivity index (χ1v) is 7.28. The van der Waals surface area contributed by atoms with Crippen LogP contribution in [0.1, 0.15) is 16.8 Å². The molecule has 0 unspecified atom stereocenters. The van der Waals surface area contributed by atoms with Crippen molar-refractivity contribution in [3.05, 3.63) is 28.0 Å². The first kappa shape index (κ1) is 16.0. The zero-order chi connectivity index (χ0) is 15.4. The molecule has 114 valence electrons. The van der Waals surface area contributed by atoms with Crippen molar-refractivity contribution in [1.29, 1.82) is 0 Å². The Morgan fingerprint density at radius 3 is 2.43 bits per heavy atom. The SMILES string of the molecule is O=C(O)CN1CCCN(C(=O)c2cc(Cl)nc(Cl)c2)CC1. The standard InChI is InChI=1S/C13H15Cl2N3O3/c14-10-6-9(7-11(15)16-10)13(21)18-3-1-2-17(4-5-18)8-12(19)20/h6-7H,1-5,8H2,(H,19,20). The van der Waals surface area contributed by atoms with Gasteiger partial charge in [0, 0.05) is 31.7 Å². The summed E-state index contributed by atoms with van der Waals surface area (Å²) in [6, 6.07) is 2.96. The molecule has 0 spiro atoms. The minimum absolute atomic E-state index is 0.00502. The lowest BCUT2D eigenvalue weighted by atomic mass is 10.2. The van der Waals surface area contributed by atoms with Crippen molar-refractivity contribution in [3.63, 3.8) is 0 Å².